The van der Waals surface area contributed by atoms with Gasteiger partial charge < -0.3 is 0 Å². The van der Waals surface area contributed by atoms with E-state index in [4.69, 9.17) is 11.6 Å². The first-order valence-corrected chi connectivity index (χ1v) is 7.62. The number of halogens is 2. The smallest absolute Gasteiger partial charge is 0.262 e. The molecule has 1 heterocycles. The van der Waals surface area contributed by atoms with E-state index in [1.807, 2.05) is 18.2 Å². The third kappa shape index (κ3) is 2.49. The second kappa shape index (κ2) is 5.61. The molecule has 104 valence electrons. The Labute approximate surface area is 139 Å². The highest BCUT2D eigenvalue weighted by atomic mass is 127. The first-order valence-electron chi connectivity index (χ1n) is 6.17. The SMILES string of the molecule is O=Cc1cn(C(=O)c2cccc(Cl)c2)c2cccc(I)c12. The number of fused-ring (bicyclic) bond motifs is 1. The fourth-order valence-electron chi connectivity index (χ4n) is 2.29. The number of carbonyl (C=O) groups excluding carboxylic acids is 2. The van der Waals surface area contributed by atoms with Crippen LogP contribution in [0, 0.1) is 3.57 Å². The minimum absolute atomic E-state index is 0.211. The van der Waals surface area contributed by atoms with Gasteiger partial charge in [-0.3, -0.25) is 14.2 Å². The first kappa shape index (κ1) is 14.3. The molecule has 0 aliphatic rings. The summed E-state index contributed by atoms with van der Waals surface area (Å²) in [5.41, 5.74) is 1.70. The lowest BCUT2D eigenvalue weighted by molar-refractivity contribution is 0.0965. The molecule has 0 amide bonds. The molecular formula is C16H9ClINO2. The topological polar surface area (TPSA) is 39.1 Å². The van der Waals surface area contributed by atoms with E-state index in [-0.39, 0.29) is 5.91 Å². The van der Waals surface area contributed by atoms with Crippen LogP contribution in [0.15, 0.2) is 48.7 Å². The summed E-state index contributed by atoms with van der Waals surface area (Å²) in [5, 5.41) is 1.30. The van der Waals surface area contributed by atoms with E-state index in [1.165, 1.54) is 4.57 Å². The van der Waals surface area contributed by atoms with Crippen molar-refractivity contribution in [2.45, 2.75) is 0 Å². The normalized spacial score (nSPS) is 10.8. The molecule has 0 saturated heterocycles. The average molecular weight is 410 g/mol. The van der Waals surface area contributed by atoms with Crippen molar-refractivity contribution in [1.29, 1.82) is 0 Å². The Hall–Kier alpha value is -1.66. The van der Waals surface area contributed by atoms with Crippen LogP contribution in [0.3, 0.4) is 0 Å². The summed E-state index contributed by atoms with van der Waals surface area (Å²) in [6, 6.07) is 12.4. The van der Waals surface area contributed by atoms with Crippen molar-refractivity contribution < 1.29 is 9.59 Å². The van der Waals surface area contributed by atoms with E-state index < -0.39 is 0 Å². The summed E-state index contributed by atoms with van der Waals surface area (Å²) >= 11 is 8.09. The van der Waals surface area contributed by atoms with Gasteiger partial charge >= 0.3 is 0 Å². The average Bonchev–Trinajstić information content (AvgIpc) is 2.86. The summed E-state index contributed by atoms with van der Waals surface area (Å²) in [7, 11) is 0. The van der Waals surface area contributed by atoms with Gasteiger partial charge in [0.1, 0.15) is 0 Å². The van der Waals surface area contributed by atoms with Gasteiger partial charge in [0.05, 0.1) is 5.52 Å². The van der Waals surface area contributed by atoms with Crippen LogP contribution in [-0.2, 0) is 0 Å². The number of aromatic nitrogens is 1. The summed E-state index contributed by atoms with van der Waals surface area (Å²) in [4.78, 5) is 23.9. The van der Waals surface area contributed by atoms with Crippen molar-refractivity contribution in [2.75, 3.05) is 0 Å². The Balaban J connectivity index is 2.24. The van der Waals surface area contributed by atoms with E-state index in [0.717, 1.165) is 15.2 Å². The van der Waals surface area contributed by atoms with E-state index in [1.54, 1.807) is 30.5 Å². The van der Waals surface area contributed by atoms with Crippen molar-refractivity contribution in [3.05, 3.63) is 68.4 Å². The van der Waals surface area contributed by atoms with Crippen LogP contribution in [0.1, 0.15) is 20.7 Å². The molecule has 0 bridgehead atoms. The van der Waals surface area contributed by atoms with Gasteiger partial charge in [-0.05, 0) is 52.9 Å². The van der Waals surface area contributed by atoms with Crippen LogP contribution in [-0.4, -0.2) is 16.8 Å². The number of rotatable bonds is 2. The Morgan fingerprint density at radius 3 is 2.67 bits per heavy atom. The summed E-state index contributed by atoms with van der Waals surface area (Å²) in [6.45, 7) is 0. The lowest BCUT2D eigenvalue weighted by Crippen LogP contribution is -2.10. The highest BCUT2D eigenvalue weighted by molar-refractivity contribution is 14.1. The quantitative estimate of drug-likeness (QED) is 0.465. The third-order valence-electron chi connectivity index (χ3n) is 3.23. The molecular weight excluding hydrogens is 401 g/mol. The molecule has 21 heavy (non-hydrogen) atoms. The molecule has 0 atom stereocenters. The third-order valence-corrected chi connectivity index (χ3v) is 4.36. The van der Waals surface area contributed by atoms with Crippen LogP contribution < -0.4 is 0 Å². The molecule has 0 radical (unpaired) electrons. The van der Waals surface area contributed by atoms with Crippen molar-refractivity contribution in [2.24, 2.45) is 0 Å². The Kier molecular flexibility index (Phi) is 3.82. The minimum Gasteiger partial charge on any atom is -0.298 e. The van der Waals surface area contributed by atoms with E-state index in [2.05, 4.69) is 22.6 Å². The first-order chi connectivity index (χ1) is 10.1. The predicted octanol–water partition coefficient (Wildman–Crippen LogP) is 4.40. The lowest BCUT2D eigenvalue weighted by Gasteiger charge is -2.05. The maximum atomic E-state index is 12.6. The van der Waals surface area contributed by atoms with Gasteiger partial charge in [0.2, 0.25) is 0 Å². The molecule has 3 rings (SSSR count). The molecule has 3 nitrogen and oxygen atoms in total. The van der Waals surface area contributed by atoms with Gasteiger partial charge in [0.25, 0.3) is 5.91 Å². The number of benzene rings is 2. The lowest BCUT2D eigenvalue weighted by atomic mass is 10.2. The zero-order chi connectivity index (χ0) is 15.0. The monoisotopic (exact) mass is 409 g/mol. The predicted molar refractivity (Wildman–Crippen MR) is 91.2 cm³/mol. The summed E-state index contributed by atoms with van der Waals surface area (Å²) in [5.74, 6) is -0.211. The second-order valence-corrected chi connectivity index (χ2v) is 6.12. The zero-order valence-corrected chi connectivity index (χ0v) is 13.6. The van der Waals surface area contributed by atoms with Gasteiger partial charge in [0.15, 0.2) is 6.29 Å². The fraction of sp³-hybridized carbons (Fsp3) is 0. The van der Waals surface area contributed by atoms with Crippen molar-refractivity contribution in [3.8, 4) is 0 Å². The highest BCUT2D eigenvalue weighted by Crippen LogP contribution is 2.26. The number of hydrogen-bond donors (Lipinski definition) is 0. The number of aldehydes is 1. The molecule has 0 aliphatic carbocycles. The van der Waals surface area contributed by atoms with Crippen molar-refractivity contribution in [1.82, 2.24) is 4.57 Å². The summed E-state index contributed by atoms with van der Waals surface area (Å²) < 4.78 is 2.43. The maximum absolute atomic E-state index is 12.6. The van der Waals surface area contributed by atoms with Crippen LogP contribution in [0.5, 0.6) is 0 Å². The van der Waals surface area contributed by atoms with Crippen molar-refractivity contribution in [3.63, 3.8) is 0 Å². The van der Waals surface area contributed by atoms with E-state index >= 15 is 0 Å². The molecule has 5 heteroatoms. The van der Waals surface area contributed by atoms with Gasteiger partial charge in [0, 0.05) is 31.3 Å². The minimum atomic E-state index is -0.211. The zero-order valence-electron chi connectivity index (χ0n) is 10.7. The second-order valence-electron chi connectivity index (χ2n) is 4.52. The van der Waals surface area contributed by atoms with Gasteiger partial charge in [-0.25, -0.2) is 0 Å². The molecule has 0 saturated carbocycles. The largest absolute Gasteiger partial charge is 0.298 e. The molecule has 0 fully saturated rings. The Morgan fingerprint density at radius 1 is 1.19 bits per heavy atom. The molecule has 3 aromatic rings. The van der Waals surface area contributed by atoms with Gasteiger partial charge in [-0.2, -0.15) is 0 Å². The summed E-state index contributed by atoms with van der Waals surface area (Å²) in [6.07, 6.45) is 2.34. The van der Waals surface area contributed by atoms with Crippen LogP contribution in [0.2, 0.25) is 5.02 Å². The Morgan fingerprint density at radius 2 is 1.95 bits per heavy atom. The molecule has 0 unspecified atom stereocenters. The van der Waals surface area contributed by atoms with E-state index in [0.29, 0.717) is 21.7 Å². The Bertz CT molecular complexity index is 870. The van der Waals surface area contributed by atoms with Gasteiger partial charge in [-0.1, -0.05) is 23.7 Å². The van der Waals surface area contributed by atoms with Crippen LogP contribution in [0.4, 0.5) is 0 Å². The van der Waals surface area contributed by atoms with Crippen LogP contribution >= 0.6 is 34.2 Å². The molecule has 2 aromatic carbocycles. The number of carbonyl (C=O) groups is 2. The molecule has 0 spiro atoms. The maximum Gasteiger partial charge on any atom is 0.262 e. The molecule has 1 aromatic heterocycles. The molecule has 0 aliphatic heterocycles. The van der Waals surface area contributed by atoms with Crippen molar-refractivity contribution >= 4 is 57.3 Å². The standard InChI is InChI=1S/C16H9ClINO2/c17-12-4-1-3-10(7-12)16(21)19-8-11(9-20)15-13(18)5-2-6-14(15)19/h1-9H. The van der Waals surface area contributed by atoms with Gasteiger partial charge in [-0.15, -0.1) is 0 Å². The van der Waals surface area contributed by atoms with Crippen LogP contribution in [0.25, 0.3) is 10.9 Å². The number of hydrogen-bond acceptors (Lipinski definition) is 2. The number of nitrogens with zero attached hydrogens (tertiary/aromatic N) is 1. The molecule has 0 N–H and O–H groups in total. The fourth-order valence-corrected chi connectivity index (χ4v) is 3.28. The highest BCUT2D eigenvalue weighted by Gasteiger charge is 2.16. The van der Waals surface area contributed by atoms with E-state index in [9.17, 15) is 9.59 Å².